The predicted octanol–water partition coefficient (Wildman–Crippen LogP) is 3.66. The summed E-state index contributed by atoms with van der Waals surface area (Å²) in [6, 6.07) is 5.45. The van der Waals surface area contributed by atoms with E-state index in [9.17, 15) is 4.79 Å². The minimum absolute atomic E-state index is 0.0563. The fourth-order valence-electron chi connectivity index (χ4n) is 3.89. The monoisotopic (exact) mass is 375 g/mol. The number of amides is 1. The van der Waals surface area contributed by atoms with E-state index < -0.39 is 18.3 Å². The summed E-state index contributed by atoms with van der Waals surface area (Å²) >= 11 is 6.33. The molecule has 3 fully saturated rings. The molecule has 1 spiro atoms. The summed E-state index contributed by atoms with van der Waals surface area (Å²) in [5.74, 6) is 0.0563. The van der Waals surface area contributed by atoms with E-state index in [0.29, 0.717) is 16.0 Å². The number of carbonyl (C=O) groups is 1. The van der Waals surface area contributed by atoms with Gasteiger partial charge in [-0.1, -0.05) is 11.6 Å². The summed E-state index contributed by atoms with van der Waals surface area (Å²) in [5, 5.41) is 0.538. The zero-order chi connectivity index (χ0) is 18.7. The molecule has 0 aromatic heterocycles. The fraction of sp³-hybridized carbons (Fsp3) is 0.650. The van der Waals surface area contributed by atoms with Crippen molar-refractivity contribution in [2.75, 3.05) is 13.1 Å². The average molecular weight is 376 g/mol. The van der Waals surface area contributed by atoms with Crippen molar-refractivity contribution in [3.63, 3.8) is 0 Å². The summed E-state index contributed by atoms with van der Waals surface area (Å²) < 4.78 is 12.2. The van der Waals surface area contributed by atoms with Crippen LogP contribution in [0, 0.1) is 5.41 Å². The Kier molecular flexibility index (Phi) is 4.22. The number of benzene rings is 1. The first kappa shape index (κ1) is 18.3. The first-order chi connectivity index (χ1) is 12.1. The van der Waals surface area contributed by atoms with Gasteiger partial charge in [-0.25, -0.2) is 0 Å². The molecule has 140 valence electrons. The van der Waals surface area contributed by atoms with Gasteiger partial charge in [0.1, 0.15) is 0 Å². The molecule has 0 atom stereocenters. The molecule has 2 heterocycles. The standard InChI is InChI=1S/C20H27BClNO3/c1-18(2)19(3,4)26-21(25-18)15-11-14(12-16(22)13-15)17(24)23-9-7-20(5-6-20)8-10-23/h11-13H,5-10H2,1-4H3. The quantitative estimate of drug-likeness (QED) is 0.741. The van der Waals surface area contributed by atoms with E-state index in [1.807, 2.05) is 44.7 Å². The van der Waals surface area contributed by atoms with E-state index in [1.165, 1.54) is 12.8 Å². The SMILES string of the molecule is CC1(C)OB(c2cc(Cl)cc(C(=O)N3CCC4(CC3)CC4)c2)OC1(C)C. The van der Waals surface area contributed by atoms with Crippen molar-refractivity contribution in [1.82, 2.24) is 4.90 Å². The molecule has 0 radical (unpaired) electrons. The number of nitrogens with zero attached hydrogens (tertiary/aromatic N) is 1. The van der Waals surface area contributed by atoms with Gasteiger partial charge in [-0.05, 0) is 82.5 Å². The molecule has 4 rings (SSSR count). The maximum Gasteiger partial charge on any atom is 0.494 e. The highest BCUT2D eigenvalue weighted by molar-refractivity contribution is 6.62. The number of halogens is 1. The highest BCUT2D eigenvalue weighted by Gasteiger charge is 2.52. The Morgan fingerprint density at radius 1 is 1.00 bits per heavy atom. The van der Waals surface area contributed by atoms with Crippen molar-refractivity contribution in [3.8, 4) is 0 Å². The fourth-order valence-corrected chi connectivity index (χ4v) is 4.14. The van der Waals surface area contributed by atoms with Gasteiger partial charge in [0, 0.05) is 23.7 Å². The van der Waals surface area contributed by atoms with Crippen molar-refractivity contribution < 1.29 is 14.1 Å². The third-order valence-corrected chi connectivity index (χ3v) is 6.98. The molecule has 6 heteroatoms. The van der Waals surface area contributed by atoms with Gasteiger partial charge < -0.3 is 14.2 Å². The first-order valence-corrected chi connectivity index (χ1v) is 9.94. The van der Waals surface area contributed by atoms with E-state index in [0.717, 1.165) is 31.4 Å². The molecule has 2 saturated heterocycles. The maximum atomic E-state index is 13.0. The van der Waals surface area contributed by atoms with Gasteiger partial charge in [0.25, 0.3) is 5.91 Å². The smallest absolute Gasteiger partial charge is 0.399 e. The number of rotatable bonds is 2. The maximum absolute atomic E-state index is 13.0. The van der Waals surface area contributed by atoms with Gasteiger partial charge in [0.2, 0.25) is 0 Å². The summed E-state index contributed by atoms with van der Waals surface area (Å²) in [7, 11) is -0.513. The Balaban J connectivity index is 1.54. The summed E-state index contributed by atoms with van der Waals surface area (Å²) in [5.41, 5.74) is 1.13. The highest BCUT2D eigenvalue weighted by atomic mass is 35.5. The molecule has 0 N–H and O–H groups in total. The van der Waals surface area contributed by atoms with Crippen LogP contribution in [0.5, 0.6) is 0 Å². The zero-order valence-electron chi connectivity index (χ0n) is 16.1. The molecule has 0 unspecified atom stereocenters. The van der Waals surface area contributed by atoms with Crippen LogP contribution in [0.1, 0.15) is 63.7 Å². The van der Waals surface area contributed by atoms with Gasteiger partial charge in [0.15, 0.2) is 0 Å². The molecule has 4 nitrogen and oxygen atoms in total. The first-order valence-electron chi connectivity index (χ1n) is 9.56. The van der Waals surface area contributed by atoms with Crippen molar-refractivity contribution in [3.05, 3.63) is 28.8 Å². The zero-order valence-corrected chi connectivity index (χ0v) is 16.9. The molecule has 26 heavy (non-hydrogen) atoms. The topological polar surface area (TPSA) is 38.8 Å². The van der Waals surface area contributed by atoms with Crippen LogP contribution >= 0.6 is 11.6 Å². The minimum atomic E-state index is -0.513. The molecule has 1 aliphatic carbocycles. The lowest BCUT2D eigenvalue weighted by atomic mass is 9.78. The lowest BCUT2D eigenvalue weighted by molar-refractivity contribution is 0.00578. The van der Waals surface area contributed by atoms with Crippen molar-refractivity contribution in [2.24, 2.45) is 5.41 Å². The third kappa shape index (κ3) is 3.19. The molecule has 0 bridgehead atoms. The van der Waals surface area contributed by atoms with Crippen LogP contribution in [0.2, 0.25) is 5.02 Å². The normalized spacial score (nSPS) is 25.6. The number of carbonyl (C=O) groups excluding carboxylic acids is 1. The molecule has 1 aromatic carbocycles. The van der Waals surface area contributed by atoms with Crippen molar-refractivity contribution in [2.45, 2.75) is 64.6 Å². The largest absolute Gasteiger partial charge is 0.494 e. The Labute approximate surface area is 161 Å². The van der Waals surface area contributed by atoms with Crippen LogP contribution in [0.4, 0.5) is 0 Å². The number of piperidine rings is 1. The lowest BCUT2D eigenvalue weighted by Crippen LogP contribution is -2.41. The van der Waals surface area contributed by atoms with Gasteiger partial charge in [0.05, 0.1) is 11.2 Å². The molecular formula is C20H27BClNO3. The summed E-state index contributed by atoms with van der Waals surface area (Å²) in [6.07, 6.45) is 4.92. The molecule has 2 aliphatic heterocycles. The van der Waals surface area contributed by atoms with Crippen LogP contribution in [0.25, 0.3) is 0 Å². The van der Waals surface area contributed by atoms with E-state index >= 15 is 0 Å². The second kappa shape index (κ2) is 5.98. The predicted molar refractivity (Wildman–Crippen MR) is 104 cm³/mol. The van der Waals surface area contributed by atoms with Crippen LogP contribution < -0.4 is 5.46 Å². The van der Waals surface area contributed by atoms with Crippen LogP contribution in [0.15, 0.2) is 18.2 Å². The minimum Gasteiger partial charge on any atom is -0.399 e. The van der Waals surface area contributed by atoms with Gasteiger partial charge in [-0.2, -0.15) is 0 Å². The second-order valence-electron chi connectivity index (χ2n) is 9.15. The Morgan fingerprint density at radius 3 is 2.12 bits per heavy atom. The Morgan fingerprint density at radius 2 is 1.58 bits per heavy atom. The molecule has 3 aliphatic rings. The van der Waals surface area contributed by atoms with E-state index in [4.69, 9.17) is 20.9 Å². The third-order valence-electron chi connectivity index (χ3n) is 6.76. The van der Waals surface area contributed by atoms with Gasteiger partial charge in [-0.15, -0.1) is 0 Å². The summed E-state index contributed by atoms with van der Waals surface area (Å²) in [6.45, 7) is 9.76. The lowest BCUT2D eigenvalue weighted by Gasteiger charge is -2.32. The van der Waals surface area contributed by atoms with E-state index in [1.54, 1.807) is 6.07 Å². The van der Waals surface area contributed by atoms with Crippen LogP contribution in [-0.4, -0.2) is 42.2 Å². The second-order valence-corrected chi connectivity index (χ2v) is 9.59. The summed E-state index contributed by atoms with van der Waals surface area (Å²) in [4.78, 5) is 15.0. The van der Waals surface area contributed by atoms with Gasteiger partial charge >= 0.3 is 7.12 Å². The molecule has 1 amide bonds. The Bertz CT molecular complexity index is 719. The van der Waals surface area contributed by atoms with Crippen molar-refractivity contribution >= 4 is 30.1 Å². The number of hydrogen-bond donors (Lipinski definition) is 0. The molecule has 1 aromatic rings. The molecular weight excluding hydrogens is 348 g/mol. The number of hydrogen-bond acceptors (Lipinski definition) is 3. The van der Waals surface area contributed by atoms with E-state index in [-0.39, 0.29) is 5.91 Å². The average Bonchev–Trinajstić information content (AvgIpc) is 3.27. The Hall–Kier alpha value is -1.04. The van der Waals surface area contributed by atoms with Crippen molar-refractivity contribution in [1.29, 1.82) is 0 Å². The highest BCUT2D eigenvalue weighted by Crippen LogP contribution is 2.53. The van der Waals surface area contributed by atoms with Crippen LogP contribution in [-0.2, 0) is 9.31 Å². The van der Waals surface area contributed by atoms with E-state index in [2.05, 4.69) is 0 Å². The van der Waals surface area contributed by atoms with Crippen LogP contribution in [0.3, 0.4) is 0 Å². The van der Waals surface area contributed by atoms with Gasteiger partial charge in [-0.3, -0.25) is 4.79 Å². The molecule has 1 saturated carbocycles. The number of likely N-dealkylation sites (tertiary alicyclic amines) is 1.